The van der Waals surface area contributed by atoms with Crippen LogP contribution in [0.2, 0.25) is 0 Å². The number of carboxylic acid groups (broad SMARTS) is 1. The van der Waals surface area contributed by atoms with Crippen molar-refractivity contribution in [2.45, 2.75) is 62.5 Å². The van der Waals surface area contributed by atoms with Gasteiger partial charge in [-0.25, -0.2) is 8.42 Å². The molecule has 2 aromatic carbocycles. The number of aliphatic carboxylic acids is 1. The normalized spacial score (nSPS) is 13.1. The van der Waals surface area contributed by atoms with E-state index < -0.39 is 22.1 Å². The van der Waals surface area contributed by atoms with Crippen LogP contribution < -0.4 is 5.32 Å². The van der Waals surface area contributed by atoms with E-state index in [2.05, 4.69) is 36.7 Å². The average molecular weight is 559 g/mol. The first-order chi connectivity index (χ1) is 18.0. The average Bonchev–Trinajstić information content (AvgIpc) is 3.40. The summed E-state index contributed by atoms with van der Waals surface area (Å²) in [6.07, 6.45) is 2.58. The summed E-state index contributed by atoms with van der Waals surface area (Å²) in [5.41, 5.74) is 2.24. The summed E-state index contributed by atoms with van der Waals surface area (Å²) in [7, 11) is -2.34. The van der Waals surface area contributed by atoms with E-state index in [1.807, 2.05) is 30.3 Å². The molecule has 3 N–H and O–H groups in total. The van der Waals surface area contributed by atoms with Crippen LogP contribution in [0.3, 0.4) is 0 Å². The molecule has 1 aromatic heterocycles. The summed E-state index contributed by atoms with van der Waals surface area (Å²) in [6.45, 7) is 4.44. The first-order valence-electron chi connectivity index (χ1n) is 12.8. The third-order valence-electron chi connectivity index (χ3n) is 6.52. The van der Waals surface area contributed by atoms with Gasteiger partial charge in [-0.3, -0.25) is 4.79 Å². The molecule has 7 nitrogen and oxygen atoms in total. The summed E-state index contributed by atoms with van der Waals surface area (Å²) in [5.74, 6) is -0.860. The van der Waals surface area contributed by atoms with Crippen molar-refractivity contribution in [2.24, 2.45) is 0 Å². The van der Waals surface area contributed by atoms with Crippen LogP contribution in [0, 0.1) is 0 Å². The van der Waals surface area contributed by atoms with Crippen LogP contribution in [0.5, 0.6) is 0 Å². The number of rotatable bonds is 15. The molecule has 0 aliphatic heterocycles. The number of hydrogen-bond donors (Lipinski definition) is 3. The second-order valence-corrected chi connectivity index (χ2v) is 13.3. The number of sulfonamides is 1. The Kier molecular flexibility index (Phi) is 10.6. The number of aliphatic hydroxyl groups excluding tert-OH is 1. The molecule has 0 bridgehead atoms. The maximum Gasteiger partial charge on any atom is 0.303 e. The molecular formula is C29H38N2O5S2. The minimum absolute atomic E-state index is 0.0322. The van der Waals surface area contributed by atoms with E-state index in [1.54, 1.807) is 29.5 Å². The Morgan fingerprint density at radius 2 is 1.76 bits per heavy atom. The zero-order valence-corrected chi connectivity index (χ0v) is 23.9. The molecule has 0 saturated heterocycles. The Hall–Kier alpha value is -2.56. The summed E-state index contributed by atoms with van der Waals surface area (Å²) in [4.78, 5) is 12.4. The molecule has 0 saturated carbocycles. The number of aliphatic hydroxyl groups is 1. The largest absolute Gasteiger partial charge is 0.481 e. The van der Waals surface area contributed by atoms with Gasteiger partial charge in [0, 0.05) is 37.0 Å². The van der Waals surface area contributed by atoms with Crippen LogP contribution in [-0.4, -0.2) is 60.7 Å². The number of thiophene rings is 1. The van der Waals surface area contributed by atoms with Crippen molar-refractivity contribution in [1.29, 1.82) is 0 Å². The van der Waals surface area contributed by atoms with Gasteiger partial charge in [-0.1, -0.05) is 42.5 Å². The molecule has 0 aliphatic carbocycles. The Labute approximate surface area is 230 Å². The number of nitrogens with zero attached hydrogens (tertiary/aromatic N) is 1. The summed E-state index contributed by atoms with van der Waals surface area (Å²) in [5, 5.41) is 25.0. The molecule has 0 aliphatic rings. The van der Waals surface area contributed by atoms with Crippen LogP contribution in [0.15, 0.2) is 70.9 Å². The molecule has 1 heterocycles. The first kappa shape index (κ1) is 30.0. The molecule has 0 spiro atoms. The van der Waals surface area contributed by atoms with Gasteiger partial charge in [0.2, 0.25) is 10.0 Å². The number of likely N-dealkylation sites (N-methyl/N-ethyl adjacent to an activating group) is 1. The Balaban J connectivity index is 1.58. The lowest BCUT2D eigenvalue weighted by Crippen LogP contribution is -2.46. The van der Waals surface area contributed by atoms with Gasteiger partial charge in [-0.2, -0.15) is 4.31 Å². The van der Waals surface area contributed by atoms with Crippen molar-refractivity contribution in [3.63, 3.8) is 0 Å². The van der Waals surface area contributed by atoms with Gasteiger partial charge < -0.3 is 15.5 Å². The van der Waals surface area contributed by atoms with E-state index in [-0.39, 0.29) is 29.9 Å². The van der Waals surface area contributed by atoms with Crippen molar-refractivity contribution in [2.75, 3.05) is 20.1 Å². The summed E-state index contributed by atoms with van der Waals surface area (Å²) >= 11 is 1.76. The number of β-amino-alcohol motifs (C(OH)–C–C–N with tert-alkyl or cyclic N) is 1. The first-order valence-corrected chi connectivity index (χ1v) is 15.1. The van der Waals surface area contributed by atoms with E-state index in [4.69, 9.17) is 5.11 Å². The van der Waals surface area contributed by atoms with E-state index in [0.29, 0.717) is 6.42 Å². The molecular weight excluding hydrogens is 520 g/mol. The van der Waals surface area contributed by atoms with E-state index in [0.717, 1.165) is 36.0 Å². The van der Waals surface area contributed by atoms with Crippen molar-refractivity contribution in [3.8, 4) is 11.1 Å². The molecule has 206 valence electrons. The van der Waals surface area contributed by atoms with E-state index >= 15 is 0 Å². The number of aryl methyl sites for hydroxylation is 2. The maximum absolute atomic E-state index is 13.3. The van der Waals surface area contributed by atoms with Gasteiger partial charge in [0.15, 0.2) is 0 Å². The highest BCUT2D eigenvalue weighted by atomic mass is 32.2. The lowest BCUT2D eigenvalue weighted by Gasteiger charge is -2.29. The van der Waals surface area contributed by atoms with Crippen molar-refractivity contribution in [3.05, 3.63) is 76.5 Å². The standard InChI is InChI=1S/C29H38N2O5S2/c1-29(2,16-6-11-26-12-7-17-37-26)30-20-25(32)21-31(3)38(35,36)27-13-5-10-24(19-27)23-9-4-8-22(18-23)14-15-28(33)34/h4-5,7-10,12-13,17-19,25,30,32H,6,11,14-16,20-21H2,1-3H3,(H,33,34). The lowest BCUT2D eigenvalue weighted by atomic mass is 9.96. The molecule has 1 unspecified atom stereocenters. The van der Waals surface area contributed by atoms with Crippen LogP contribution in [0.25, 0.3) is 11.1 Å². The molecule has 0 amide bonds. The fraction of sp³-hybridized carbons (Fsp3) is 0.414. The van der Waals surface area contributed by atoms with E-state index in [1.165, 1.54) is 16.2 Å². The highest BCUT2D eigenvalue weighted by Crippen LogP contribution is 2.25. The van der Waals surface area contributed by atoms with Crippen LogP contribution in [-0.2, 0) is 27.7 Å². The van der Waals surface area contributed by atoms with Gasteiger partial charge >= 0.3 is 5.97 Å². The summed E-state index contributed by atoms with van der Waals surface area (Å²) < 4.78 is 27.7. The number of carboxylic acids is 1. The third-order valence-corrected chi connectivity index (χ3v) is 9.27. The molecule has 9 heteroatoms. The number of hydrogen-bond acceptors (Lipinski definition) is 6. The minimum atomic E-state index is -3.82. The number of benzene rings is 2. The molecule has 0 radical (unpaired) electrons. The van der Waals surface area contributed by atoms with Crippen molar-refractivity contribution < 1.29 is 23.4 Å². The van der Waals surface area contributed by atoms with Crippen LogP contribution in [0.1, 0.15) is 43.6 Å². The number of carbonyl (C=O) groups is 1. The Morgan fingerprint density at radius 1 is 1.05 bits per heavy atom. The maximum atomic E-state index is 13.3. The van der Waals surface area contributed by atoms with Gasteiger partial charge in [-0.15, -0.1) is 11.3 Å². The Bertz CT molecular complexity index is 1290. The van der Waals surface area contributed by atoms with Gasteiger partial charge in [0.1, 0.15) is 0 Å². The Morgan fingerprint density at radius 3 is 2.45 bits per heavy atom. The minimum Gasteiger partial charge on any atom is -0.481 e. The second kappa shape index (κ2) is 13.5. The number of nitrogens with one attached hydrogen (secondary N) is 1. The van der Waals surface area contributed by atoms with Gasteiger partial charge in [-0.05, 0) is 79.8 Å². The molecule has 0 fully saturated rings. The monoisotopic (exact) mass is 558 g/mol. The predicted octanol–water partition coefficient (Wildman–Crippen LogP) is 4.80. The van der Waals surface area contributed by atoms with Crippen LogP contribution in [0.4, 0.5) is 0 Å². The molecule has 1 atom stereocenters. The predicted molar refractivity (Wildman–Crippen MR) is 153 cm³/mol. The zero-order chi connectivity index (χ0) is 27.8. The zero-order valence-electron chi connectivity index (χ0n) is 22.3. The molecule has 3 rings (SSSR count). The topological polar surface area (TPSA) is 107 Å². The highest BCUT2D eigenvalue weighted by Gasteiger charge is 2.25. The van der Waals surface area contributed by atoms with Crippen molar-refractivity contribution in [1.82, 2.24) is 9.62 Å². The SMILES string of the molecule is CN(CC(O)CNC(C)(C)CCCc1cccs1)S(=O)(=O)c1cccc(-c2cccc(CCC(=O)O)c2)c1. The van der Waals surface area contributed by atoms with Crippen LogP contribution >= 0.6 is 11.3 Å². The fourth-order valence-corrected chi connectivity index (χ4v) is 6.28. The second-order valence-electron chi connectivity index (χ2n) is 10.3. The quantitative estimate of drug-likeness (QED) is 0.247. The smallest absolute Gasteiger partial charge is 0.303 e. The molecule has 3 aromatic rings. The lowest BCUT2D eigenvalue weighted by molar-refractivity contribution is -0.136. The third kappa shape index (κ3) is 9.03. The van der Waals surface area contributed by atoms with E-state index in [9.17, 15) is 18.3 Å². The van der Waals surface area contributed by atoms with Gasteiger partial charge in [0.05, 0.1) is 11.0 Å². The fourth-order valence-electron chi connectivity index (χ4n) is 4.28. The molecule has 38 heavy (non-hydrogen) atoms. The summed E-state index contributed by atoms with van der Waals surface area (Å²) in [6, 6.07) is 18.3. The van der Waals surface area contributed by atoms with Crippen molar-refractivity contribution >= 4 is 27.3 Å². The van der Waals surface area contributed by atoms with Gasteiger partial charge in [0.25, 0.3) is 0 Å². The highest BCUT2D eigenvalue weighted by molar-refractivity contribution is 7.89.